The summed E-state index contributed by atoms with van der Waals surface area (Å²) in [7, 11) is 0. The Morgan fingerprint density at radius 2 is 2.11 bits per heavy atom. The number of carbonyl (C=O) groups is 2. The van der Waals surface area contributed by atoms with Crippen LogP contribution in [0.4, 0.5) is 5.95 Å². The lowest BCUT2D eigenvalue weighted by atomic mass is 9.99. The lowest BCUT2D eigenvalue weighted by Gasteiger charge is -2.38. The Morgan fingerprint density at radius 1 is 1.28 bits per heavy atom. The SMILES string of the molecule is CCOC(=O)c1cn(-c2nccs2)c2nc(N3CC(C(=O)NC[C@@H]4CCCCO4)C3)nc(C)c2c1=O. The monoisotopic (exact) mass is 512 g/mol. The molecule has 190 valence electrons. The lowest BCUT2D eigenvalue weighted by molar-refractivity contribution is -0.126. The zero-order valence-electron chi connectivity index (χ0n) is 20.2. The first-order valence-electron chi connectivity index (χ1n) is 12.1. The number of carbonyl (C=O) groups excluding carboxylic acids is 2. The van der Waals surface area contributed by atoms with Crippen molar-refractivity contribution in [3.05, 3.63) is 39.3 Å². The predicted octanol–water partition coefficient (Wildman–Crippen LogP) is 1.84. The average Bonchev–Trinajstić information content (AvgIpc) is 3.37. The van der Waals surface area contributed by atoms with Gasteiger partial charge in [0.25, 0.3) is 0 Å². The van der Waals surface area contributed by atoms with Crippen molar-refractivity contribution in [2.45, 2.75) is 39.2 Å². The fraction of sp³-hybridized carbons (Fsp3) is 0.500. The van der Waals surface area contributed by atoms with Crippen LogP contribution in [0.5, 0.6) is 0 Å². The van der Waals surface area contributed by atoms with Gasteiger partial charge in [-0.2, -0.15) is 4.98 Å². The number of amides is 1. The molecule has 5 rings (SSSR count). The number of nitrogens with zero attached hydrogens (tertiary/aromatic N) is 5. The Balaban J connectivity index is 1.39. The van der Waals surface area contributed by atoms with Crippen molar-refractivity contribution < 1.29 is 19.1 Å². The Hall–Kier alpha value is -3.38. The summed E-state index contributed by atoms with van der Waals surface area (Å²) >= 11 is 1.35. The van der Waals surface area contributed by atoms with Crippen molar-refractivity contribution >= 4 is 40.2 Å². The first kappa shape index (κ1) is 24.3. The van der Waals surface area contributed by atoms with E-state index in [0.29, 0.717) is 42.1 Å². The number of aromatic nitrogens is 4. The molecule has 3 aromatic heterocycles. The largest absolute Gasteiger partial charge is 0.462 e. The molecule has 5 heterocycles. The van der Waals surface area contributed by atoms with E-state index in [-0.39, 0.29) is 35.5 Å². The topological polar surface area (TPSA) is 129 Å². The number of pyridine rings is 1. The molecule has 1 N–H and O–H groups in total. The highest BCUT2D eigenvalue weighted by molar-refractivity contribution is 7.12. The molecule has 0 saturated carbocycles. The third-order valence-corrected chi connectivity index (χ3v) is 7.22. The van der Waals surface area contributed by atoms with Crippen LogP contribution >= 0.6 is 11.3 Å². The number of aryl methyl sites for hydroxylation is 1. The first-order chi connectivity index (χ1) is 17.5. The molecule has 0 spiro atoms. The predicted molar refractivity (Wildman–Crippen MR) is 134 cm³/mol. The normalized spacial score (nSPS) is 18.2. The Morgan fingerprint density at radius 3 is 2.81 bits per heavy atom. The number of esters is 1. The smallest absolute Gasteiger partial charge is 0.343 e. The molecule has 11 nitrogen and oxygen atoms in total. The molecular weight excluding hydrogens is 484 g/mol. The maximum atomic E-state index is 13.2. The van der Waals surface area contributed by atoms with Gasteiger partial charge in [0.15, 0.2) is 10.8 Å². The number of fused-ring (bicyclic) bond motifs is 1. The van der Waals surface area contributed by atoms with Crippen molar-refractivity contribution in [1.82, 2.24) is 24.8 Å². The van der Waals surface area contributed by atoms with E-state index in [2.05, 4.69) is 20.3 Å². The quantitative estimate of drug-likeness (QED) is 0.472. The minimum Gasteiger partial charge on any atom is -0.462 e. The zero-order chi connectivity index (χ0) is 25.2. The highest BCUT2D eigenvalue weighted by Crippen LogP contribution is 2.26. The fourth-order valence-electron chi connectivity index (χ4n) is 4.48. The molecule has 2 fully saturated rings. The summed E-state index contributed by atoms with van der Waals surface area (Å²) in [6, 6.07) is 0. The maximum absolute atomic E-state index is 13.2. The van der Waals surface area contributed by atoms with Gasteiger partial charge in [-0.25, -0.2) is 14.8 Å². The number of thiazole rings is 1. The zero-order valence-corrected chi connectivity index (χ0v) is 21.0. The molecule has 36 heavy (non-hydrogen) atoms. The second-order valence-corrected chi connectivity index (χ2v) is 9.79. The van der Waals surface area contributed by atoms with Gasteiger partial charge in [-0.3, -0.25) is 14.2 Å². The first-order valence-corrected chi connectivity index (χ1v) is 13.0. The van der Waals surface area contributed by atoms with Crippen LogP contribution in [-0.2, 0) is 14.3 Å². The van der Waals surface area contributed by atoms with Crippen LogP contribution < -0.4 is 15.6 Å². The molecule has 0 unspecified atom stereocenters. The van der Waals surface area contributed by atoms with Gasteiger partial charge >= 0.3 is 5.97 Å². The van der Waals surface area contributed by atoms with Crippen molar-refractivity contribution in [3.63, 3.8) is 0 Å². The minimum absolute atomic E-state index is 0.00305. The van der Waals surface area contributed by atoms with Gasteiger partial charge in [0.1, 0.15) is 5.56 Å². The molecule has 0 aromatic carbocycles. The summed E-state index contributed by atoms with van der Waals surface area (Å²) in [5.74, 6) is -0.445. The van der Waals surface area contributed by atoms with Gasteiger partial charge < -0.3 is 19.7 Å². The highest BCUT2D eigenvalue weighted by Gasteiger charge is 2.35. The van der Waals surface area contributed by atoms with Gasteiger partial charge in [0.05, 0.1) is 29.7 Å². The van der Waals surface area contributed by atoms with Gasteiger partial charge in [-0.15, -0.1) is 11.3 Å². The van der Waals surface area contributed by atoms with Gasteiger partial charge in [-0.1, -0.05) is 0 Å². The van der Waals surface area contributed by atoms with Crippen LogP contribution in [-0.4, -0.2) is 70.3 Å². The van der Waals surface area contributed by atoms with Crippen molar-refractivity contribution in [2.24, 2.45) is 5.92 Å². The summed E-state index contributed by atoms with van der Waals surface area (Å²) in [6.45, 7) is 5.79. The third kappa shape index (κ3) is 4.70. The Labute approximate surface area is 211 Å². The van der Waals surface area contributed by atoms with Crippen LogP contribution in [0.2, 0.25) is 0 Å². The van der Waals surface area contributed by atoms with E-state index in [1.165, 1.54) is 17.5 Å². The number of nitrogens with one attached hydrogen (secondary N) is 1. The van der Waals surface area contributed by atoms with Gasteiger partial charge in [0, 0.05) is 44.0 Å². The number of rotatable bonds is 7. The van der Waals surface area contributed by atoms with E-state index in [9.17, 15) is 14.4 Å². The van der Waals surface area contributed by atoms with E-state index >= 15 is 0 Å². The van der Waals surface area contributed by atoms with Crippen LogP contribution in [0.15, 0.2) is 22.6 Å². The maximum Gasteiger partial charge on any atom is 0.343 e. The average molecular weight is 513 g/mol. The van der Waals surface area contributed by atoms with E-state index in [1.807, 2.05) is 4.90 Å². The molecule has 2 saturated heterocycles. The molecule has 1 amide bonds. The second kappa shape index (κ2) is 10.3. The molecular formula is C24H28N6O5S. The molecule has 12 heteroatoms. The van der Waals surface area contributed by atoms with E-state index in [4.69, 9.17) is 9.47 Å². The Bertz CT molecular complexity index is 1330. The van der Waals surface area contributed by atoms with Crippen LogP contribution in [0.1, 0.15) is 42.2 Å². The van der Waals surface area contributed by atoms with Crippen molar-refractivity contribution in [2.75, 3.05) is 37.7 Å². The summed E-state index contributed by atoms with van der Waals surface area (Å²) in [4.78, 5) is 53.8. The van der Waals surface area contributed by atoms with Gasteiger partial charge in [-0.05, 0) is 33.1 Å². The molecule has 0 radical (unpaired) electrons. The molecule has 3 aromatic rings. The molecule has 0 aliphatic carbocycles. The van der Waals surface area contributed by atoms with Gasteiger partial charge in [0.2, 0.25) is 17.3 Å². The second-order valence-electron chi connectivity index (χ2n) is 8.92. The third-order valence-electron chi connectivity index (χ3n) is 6.45. The van der Waals surface area contributed by atoms with Crippen molar-refractivity contribution in [3.8, 4) is 5.13 Å². The molecule has 2 aliphatic heterocycles. The van der Waals surface area contributed by atoms with Crippen LogP contribution in [0.3, 0.4) is 0 Å². The summed E-state index contributed by atoms with van der Waals surface area (Å²) in [5, 5.41) is 5.60. The summed E-state index contributed by atoms with van der Waals surface area (Å²) in [5.41, 5.74) is 0.222. The minimum atomic E-state index is -0.701. The number of ether oxygens (including phenoxy) is 2. The number of hydrogen-bond acceptors (Lipinski definition) is 10. The van der Waals surface area contributed by atoms with Crippen LogP contribution in [0.25, 0.3) is 16.2 Å². The highest BCUT2D eigenvalue weighted by atomic mass is 32.1. The van der Waals surface area contributed by atoms with E-state index < -0.39 is 11.4 Å². The standard InChI is InChI=1S/C24H28N6O5S/c1-3-34-22(33)17-13-30(24-25-7-9-36-24)20-18(19(17)31)14(2)27-23(28-20)29-11-15(12-29)21(32)26-10-16-6-4-5-8-35-16/h7,9,13,15-16H,3-6,8,10-12H2,1-2H3,(H,26,32)/t16-/m0/s1. The lowest BCUT2D eigenvalue weighted by Crippen LogP contribution is -2.55. The van der Waals surface area contributed by atoms with E-state index in [0.717, 1.165) is 25.9 Å². The summed E-state index contributed by atoms with van der Waals surface area (Å²) in [6.07, 6.45) is 6.34. The number of hydrogen-bond donors (Lipinski definition) is 1. The Kier molecular flexibility index (Phi) is 6.97. The summed E-state index contributed by atoms with van der Waals surface area (Å²) < 4.78 is 12.4. The number of anilines is 1. The molecule has 1 atom stereocenters. The van der Waals surface area contributed by atoms with Crippen molar-refractivity contribution in [1.29, 1.82) is 0 Å². The fourth-order valence-corrected chi connectivity index (χ4v) is 5.10. The van der Waals surface area contributed by atoms with Crippen LogP contribution in [0, 0.1) is 12.8 Å². The molecule has 0 bridgehead atoms. The van der Waals surface area contributed by atoms with E-state index in [1.54, 1.807) is 30.0 Å². The molecule has 2 aliphatic rings.